The standard InChI is InChI=1S/C17H15FN2O3/c1-20-14-10-11(2-7-15(14)23-17(20)22)8-9-19-16(21)12-3-5-13(18)6-4-12/h2-7,10H,8-9H2,1H3,(H,19,21). The number of fused-ring (bicyclic) bond motifs is 1. The molecular weight excluding hydrogens is 299 g/mol. The maximum absolute atomic E-state index is 12.8. The third kappa shape index (κ3) is 3.15. The fourth-order valence-corrected chi connectivity index (χ4v) is 2.35. The summed E-state index contributed by atoms with van der Waals surface area (Å²) in [5, 5.41) is 2.78. The molecule has 5 nitrogen and oxygen atoms in total. The summed E-state index contributed by atoms with van der Waals surface area (Å²) in [5.74, 6) is -1.02. The summed E-state index contributed by atoms with van der Waals surface area (Å²) in [6.07, 6.45) is 0.613. The first-order chi connectivity index (χ1) is 11.0. The Labute approximate surface area is 131 Å². The van der Waals surface area contributed by atoms with Gasteiger partial charge in [-0.25, -0.2) is 9.18 Å². The molecule has 1 amide bonds. The van der Waals surface area contributed by atoms with Gasteiger partial charge in [0.15, 0.2) is 5.58 Å². The zero-order chi connectivity index (χ0) is 16.4. The number of aromatic nitrogens is 1. The predicted octanol–water partition coefficient (Wildman–Crippen LogP) is 2.24. The molecule has 0 bridgehead atoms. The highest BCUT2D eigenvalue weighted by Crippen LogP contribution is 2.14. The van der Waals surface area contributed by atoms with Crippen molar-refractivity contribution in [2.24, 2.45) is 7.05 Å². The van der Waals surface area contributed by atoms with Crippen molar-refractivity contribution in [3.63, 3.8) is 0 Å². The van der Waals surface area contributed by atoms with Gasteiger partial charge < -0.3 is 9.73 Å². The predicted molar refractivity (Wildman–Crippen MR) is 83.9 cm³/mol. The van der Waals surface area contributed by atoms with Gasteiger partial charge in [0.25, 0.3) is 5.91 Å². The van der Waals surface area contributed by atoms with Gasteiger partial charge in [-0.2, -0.15) is 0 Å². The van der Waals surface area contributed by atoms with Crippen LogP contribution in [0.4, 0.5) is 4.39 Å². The van der Waals surface area contributed by atoms with Gasteiger partial charge in [0.2, 0.25) is 0 Å². The molecule has 1 heterocycles. The second kappa shape index (κ2) is 6.08. The van der Waals surface area contributed by atoms with Crippen LogP contribution >= 0.6 is 0 Å². The molecule has 0 spiro atoms. The Bertz CT molecular complexity index is 910. The minimum absolute atomic E-state index is 0.248. The zero-order valence-corrected chi connectivity index (χ0v) is 12.5. The highest BCUT2D eigenvalue weighted by molar-refractivity contribution is 5.94. The van der Waals surface area contributed by atoms with Gasteiger partial charge in [-0.05, 0) is 48.4 Å². The third-order valence-electron chi connectivity index (χ3n) is 3.66. The van der Waals surface area contributed by atoms with Crippen molar-refractivity contribution in [1.82, 2.24) is 9.88 Å². The van der Waals surface area contributed by atoms with E-state index in [0.717, 1.165) is 11.1 Å². The Kier molecular flexibility index (Phi) is 3.97. The normalized spacial score (nSPS) is 10.9. The van der Waals surface area contributed by atoms with E-state index in [1.165, 1.54) is 28.8 Å². The number of benzene rings is 2. The number of halogens is 1. The van der Waals surface area contributed by atoms with E-state index in [-0.39, 0.29) is 11.7 Å². The summed E-state index contributed by atoms with van der Waals surface area (Å²) in [5.41, 5.74) is 2.65. The quantitative estimate of drug-likeness (QED) is 0.803. The van der Waals surface area contributed by atoms with Gasteiger partial charge in [0, 0.05) is 19.2 Å². The van der Waals surface area contributed by atoms with Crippen LogP contribution in [0.15, 0.2) is 51.7 Å². The molecule has 1 aromatic heterocycles. The lowest BCUT2D eigenvalue weighted by atomic mass is 10.1. The smallest absolute Gasteiger partial charge is 0.408 e. The highest BCUT2D eigenvalue weighted by Gasteiger charge is 2.08. The first kappa shape index (κ1) is 15.0. The van der Waals surface area contributed by atoms with E-state index in [1.54, 1.807) is 13.1 Å². The van der Waals surface area contributed by atoms with Crippen molar-refractivity contribution >= 4 is 17.0 Å². The van der Waals surface area contributed by atoms with Gasteiger partial charge in [-0.1, -0.05) is 6.07 Å². The second-order valence-electron chi connectivity index (χ2n) is 5.24. The van der Waals surface area contributed by atoms with Gasteiger partial charge >= 0.3 is 5.76 Å². The van der Waals surface area contributed by atoms with E-state index in [2.05, 4.69) is 5.32 Å². The molecule has 0 aliphatic rings. The first-order valence-electron chi connectivity index (χ1n) is 7.17. The average Bonchev–Trinajstić information content (AvgIpc) is 2.83. The Balaban J connectivity index is 1.64. The Hall–Kier alpha value is -2.89. The number of carbonyl (C=O) groups is 1. The number of rotatable bonds is 4. The molecule has 0 saturated heterocycles. The second-order valence-corrected chi connectivity index (χ2v) is 5.24. The van der Waals surface area contributed by atoms with Crippen molar-refractivity contribution in [3.05, 3.63) is 70.0 Å². The van der Waals surface area contributed by atoms with Crippen LogP contribution in [0.3, 0.4) is 0 Å². The van der Waals surface area contributed by atoms with Crippen LogP contribution in [0.5, 0.6) is 0 Å². The first-order valence-corrected chi connectivity index (χ1v) is 7.17. The van der Waals surface area contributed by atoms with Crippen LogP contribution < -0.4 is 11.1 Å². The van der Waals surface area contributed by atoms with Crippen molar-refractivity contribution < 1.29 is 13.6 Å². The van der Waals surface area contributed by atoms with E-state index < -0.39 is 5.76 Å². The summed E-state index contributed by atoms with van der Waals surface area (Å²) in [7, 11) is 1.65. The van der Waals surface area contributed by atoms with Crippen LogP contribution in [0, 0.1) is 5.82 Å². The average molecular weight is 314 g/mol. The van der Waals surface area contributed by atoms with Gasteiger partial charge in [-0.3, -0.25) is 9.36 Å². The van der Waals surface area contributed by atoms with Crippen molar-refractivity contribution in [2.45, 2.75) is 6.42 Å². The number of nitrogens with one attached hydrogen (secondary N) is 1. The number of carbonyl (C=O) groups excluding carboxylic acids is 1. The Morgan fingerprint density at radius 2 is 1.96 bits per heavy atom. The molecule has 118 valence electrons. The fraction of sp³-hybridized carbons (Fsp3) is 0.176. The number of oxazole rings is 1. The van der Waals surface area contributed by atoms with Crippen molar-refractivity contribution in [2.75, 3.05) is 6.54 Å². The van der Waals surface area contributed by atoms with E-state index >= 15 is 0 Å². The molecule has 0 saturated carbocycles. The summed E-state index contributed by atoms with van der Waals surface area (Å²) in [4.78, 5) is 23.4. The van der Waals surface area contributed by atoms with Crippen LogP contribution in [0.25, 0.3) is 11.1 Å². The number of amides is 1. The lowest BCUT2D eigenvalue weighted by Gasteiger charge is -2.06. The molecule has 1 N–H and O–H groups in total. The van der Waals surface area contributed by atoms with Crippen molar-refractivity contribution in [1.29, 1.82) is 0 Å². The summed E-state index contributed by atoms with van der Waals surface area (Å²) < 4.78 is 19.3. The Morgan fingerprint density at radius 1 is 1.22 bits per heavy atom. The van der Waals surface area contributed by atoms with E-state index in [1.807, 2.05) is 12.1 Å². The van der Waals surface area contributed by atoms with E-state index in [0.29, 0.717) is 24.1 Å². The molecule has 0 radical (unpaired) electrons. The summed E-state index contributed by atoms with van der Waals surface area (Å²) >= 11 is 0. The molecule has 0 unspecified atom stereocenters. The number of nitrogens with zero attached hydrogens (tertiary/aromatic N) is 1. The lowest BCUT2D eigenvalue weighted by molar-refractivity contribution is 0.0954. The van der Waals surface area contributed by atoms with Crippen LogP contribution in [-0.2, 0) is 13.5 Å². The topological polar surface area (TPSA) is 64.2 Å². The minimum atomic E-state index is -0.401. The Morgan fingerprint density at radius 3 is 2.70 bits per heavy atom. The number of hydrogen-bond donors (Lipinski definition) is 1. The molecule has 23 heavy (non-hydrogen) atoms. The molecule has 3 rings (SSSR count). The maximum Gasteiger partial charge on any atom is 0.419 e. The zero-order valence-electron chi connectivity index (χ0n) is 12.5. The molecule has 0 aliphatic carbocycles. The van der Waals surface area contributed by atoms with Gasteiger partial charge in [0.1, 0.15) is 5.82 Å². The monoisotopic (exact) mass is 314 g/mol. The largest absolute Gasteiger partial charge is 0.419 e. The van der Waals surface area contributed by atoms with Gasteiger partial charge in [-0.15, -0.1) is 0 Å². The molecule has 3 aromatic rings. The maximum atomic E-state index is 12.8. The van der Waals surface area contributed by atoms with E-state index in [9.17, 15) is 14.0 Å². The molecule has 2 aromatic carbocycles. The van der Waals surface area contributed by atoms with Gasteiger partial charge in [0.05, 0.1) is 5.52 Å². The molecule has 0 fully saturated rings. The number of aryl methyl sites for hydroxylation is 1. The van der Waals surface area contributed by atoms with Crippen molar-refractivity contribution in [3.8, 4) is 0 Å². The molecule has 6 heteroatoms. The molecule has 0 atom stereocenters. The third-order valence-corrected chi connectivity index (χ3v) is 3.66. The fourth-order valence-electron chi connectivity index (χ4n) is 2.35. The van der Waals surface area contributed by atoms with Crippen LogP contribution in [-0.4, -0.2) is 17.0 Å². The summed E-state index contributed by atoms with van der Waals surface area (Å²) in [6, 6.07) is 10.9. The van der Waals surface area contributed by atoms with Crippen LogP contribution in [0.1, 0.15) is 15.9 Å². The molecular formula is C17H15FN2O3. The molecule has 0 aliphatic heterocycles. The SMILES string of the molecule is Cn1c(=O)oc2ccc(CCNC(=O)c3ccc(F)cc3)cc21. The minimum Gasteiger partial charge on any atom is -0.408 e. The lowest BCUT2D eigenvalue weighted by Crippen LogP contribution is -2.25. The highest BCUT2D eigenvalue weighted by atomic mass is 19.1. The number of hydrogen-bond acceptors (Lipinski definition) is 3. The van der Waals surface area contributed by atoms with Crippen LogP contribution in [0.2, 0.25) is 0 Å². The summed E-state index contributed by atoms with van der Waals surface area (Å²) in [6.45, 7) is 0.438. The van der Waals surface area contributed by atoms with E-state index in [4.69, 9.17) is 4.42 Å².